The zero-order chi connectivity index (χ0) is 18.3. The zero-order valence-electron chi connectivity index (χ0n) is 17.1. The van der Waals surface area contributed by atoms with E-state index >= 15 is 0 Å². The van der Waals surface area contributed by atoms with Crippen molar-refractivity contribution in [2.45, 2.75) is 114 Å². The summed E-state index contributed by atoms with van der Waals surface area (Å²) in [6.45, 7) is 4.61. The molecule has 1 heterocycles. The Morgan fingerprint density at radius 1 is 0.560 bits per heavy atom. The number of hydrogen-bond donors (Lipinski definition) is 0. The molecule has 0 nitrogen and oxygen atoms in total. The molecule has 0 saturated heterocycles. The monoisotopic (exact) mass is 448 g/mol. The van der Waals surface area contributed by atoms with Crippen molar-refractivity contribution in [3.63, 3.8) is 0 Å². The van der Waals surface area contributed by atoms with Gasteiger partial charge in [-0.05, 0) is 0 Å². The molecule has 1 aromatic heterocycles. The van der Waals surface area contributed by atoms with E-state index in [0.29, 0.717) is 14.5 Å². The SMILES string of the molecule is CCCCCCCCc1[se]c(CCCCCCCC)c(SC)c1SC. The molecule has 1 rings (SSSR count). The van der Waals surface area contributed by atoms with Crippen molar-refractivity contribution in [1.29, 1.82) is 0 Å². The molecule has 0 spiro atoms. The first-order chi connectivity index (χ1) is 12.3. The van der Waals surface area contributed by atoms with Crippen molar-refractivity contribution in [2.24, 2.45) is 0 Å². The molecule has 1 aromatic rings. The van der Waals surface area contributed by atoms with Gasteiger partial charge in [-0.2, -0.15) is 0 Å². The van der Waals surface area contributed by atoms with Crippen LogP contribution >= 0.6 is 23.5 Å². The summed E-state index contributed by atoms with van der Waals surface area (Å²) in [6.07, 6.45) is 24.3. The number of aryl methyl sites for hydroxylation is 2. The van der Waals surface area contributed by atoms with Gasteiger partial charge in [-0.1, -0.05) is 0 Å². The van der Waals surface area contributed by atoms with Crippen LogP contribution in [-0.4, -0.2) is 27.0 Å². The van der Waals surface area contributed by atoms with Crippen LogP contribution in [0.15, 0.2) is 9.79 Å². The molecule has 0 N–H and O–H groups in total. The fourth-order valence-electron chi connectivity index (χ4n) is 3.37. The van der Waals surface area contributed by atoms with E-state index in [1.807, 2.05) is 32.4 Å². The maximum absolute atomic E-state index is 2.30. The minimum atomic E-state index is 0.656. The zero-order valence-corrected chi connectivity index (χ0v) is 20.5. The van der Waals surface area contributed by atoms with Crippen molar-refractivity contribution < 1.29 is 0 Å². The molecular weight excluding hydrogens is 407 g/mol. The fourth-order valence-corrected chi connectivity index (χ4v) is 9.39. The first-order valence-electron chi connectivity index (χ1n) is 10.5. The molecule has 3 heteroatoms. The van der Waals surface area contributed by atoms with Crippen LogP contribution in [0.25, 0.3) is 0 Å². The van der Waals surface area contributed by atoms with Crippen LogP contribution in [0.5, 0.6) is 0 Å². The Morgan fingerprint density at radius 3 is 1.28 bits per heavy atom. The van der Waals surface area contributed by atoms with E-state index in [1.54, 1.807) is 9.79 Å². The van der Waals surface area contributed by atoms with Gasteiger partial charge < -0.3 is 0 Å². The second-order valence-corrected chi connectivity index (χ2v) is 11.2. The summed E-state index contributed by atoms with van der Waals surface area (Å²) in [4.78, 5) is 3.34. The van der Waals surface area contributed by atoms with E-state index in [-0.39, 0.29) is 0 Å². The van der Waals surface area contributed by atoms with Crippen molar-refractivity contribution in [2.75, 3.05) is 12.5 Å². The third kappa shape index (κ3) is 9.45. The molecule has 0 aromatic carbocycles. The Balaban J connectivity index is 2.47. The van der Waals surface area contributed by atoms with Gasteiger partial charge in [0.05, 0.1) is 0 Å². The summed E-state index contributed by atoms with van der Waals surface area (Å²) < 4.78 is 3.64. The molecule has 0 atom stereocenters. The summed E-state index contributed by atoms with van der Waals surface area (Å²) in [5.74, 6) is 0. The van der Waals surface area contributed by atoms with Gasteiger partial charge in [0.2, 0.25) is 0 Å². The molecule has 0 fully saturated rings. The summed E-state index contributed by atoms with van der Waals surface area (Å²) in [6, 6.07) is 0. The Labute approximate surface area is 172 Å². The van der Waals surface area contributed by atoms with Gasteiger partial charge in [-0.3, -0.25) is 0 Å². The first-order valence-corrected chi connectivity index (χ1v) is 14.7. The number of rotatable bonds is 16. The maximum atomic E-state index is 2.30. The Morgan fingerprint density at radius 2 is 0.920 bits per heavy atom. The van der Waals surface area contributed by atoms with Crippen LogP contribution in [0.2, 0.25) is 0 Å². The Hall–Kier alpha value is 0.699. The average Bonchev–Trinajstić information content (AvgIpc) is 2.97. The fraction of sp³-hybridized carbons (Fsp3) is 0.818. The third-order valence-corrected chi connectivity index (χ3v) is 10.1. The second-order valence-electron chi connectivity index (χ2n) is 7.05. The van der Waals surface area contributed by atoms with Crippen LogP contribution in [0.1, 0.15) is 99.8 Å². The number of unbranched alkanes of at least 4 members (excludes halogenated alkanes) is 10. The van der Waals surface area contributed by atoms with Crippen molar-refractivity contribution in [3.05, 3.63) is 8.87 Å². The molecule has 0 radical (unpaired) electrons. The van der Waals surface area contributed by atoms with E-state index in [4.69, 9.17) is 0 Å². The van der Waals surface area contributed by atoms with Gasteiger partial charge in [-0.25, -0.2) is 0 Å². The minimum absolute atomic E-state index is 0.656. The molecule has 0 amide bonds. The third-order valence-electron chi connectivity index (χ3n) is 4.88. The standard InChI is InChI=1S/C22H40S2Se/c1-5-7-9-11-13-15-17-19-21(23-3)22(24-4)20(25-19)18-16-14-12-10-8-6-2/h5-18H2,1-4H3. The van der Waals surface area contributed by atoms with Gasteiger partial charge in [0.25, 0.3) is 0 Å². The molecule has 0 unspecified atom stereocenters. The predicted molar refractivity (Wildman–Crippen MR) is 121 cm³/mol. The van der Waals surface area contributed by atoms with Crippen molar-refractivity contribution in [1.82, 2.24) is 0 Å². The van der Waals surface area contributed by atoms with Crippen LogP contribution in [0, 0.1) is 0 Å². The van der Waals surface area contributed by atoms with E-state index in [0.717, 1.165) is 0 Å². The molecular formula is C22H40S2Se. The molecule has 0 saturated carbocycles. The quantitative estimate of drug-likeness (QED) is 0.143. The molecule has 0 aliphatic rings. The first kappa shape index (κ1) is 23.7. The molecule has 0 aliphatic heterocycles. The van der Waals surface area contributed by atoms with Gasteiger partial charge in [0, 0.05) is 0 Å². The second kappa shape index (κ2) is 15.7. The van der Waals surface area contributed by atoms with Gasteiger partial charge in [-0.15, -0.1) is 0 Å². The van der Waals surface area contributed by atoms with E-state index in [2.05, 4.69) is 26.4 Å². The van der Waals surface area contributed by atoms with Gasteiger partial charge in [0.1, 0.15) is 0 Å². The molecule has 146 valence electrons. The average molecular weight is 448 g/mol. The summed E-state index contributed by atoms with van der Waals surface area (Å²) in [5, 5.41) is 0. The van der Waals surface area contributed by atoms with Crippen molar-refractivity contribution >= 4 is 38.0 Å². The summed E-state index contributed by atoms with van der Waals surface area (Å²) in [7, 11) is 0. The summed E-state index contributed by atoms with van der Waals surface area (Å²) >= 11 is 4.69. The normalized spacial score (nSPS) is 11.4. The van der Waals surface area contributed by atoms with Crippen LogP contribution in [0.3, 0.4) is 0 Å². The van der Waals surface area contributed by atoms with Crippen LogP contribution in [-0.2, 0) is 12.8 Å². The number of hydrogen-bond acceptors (Lipinski definition) is 2. The predicted octanol–water partition coefficient (Wildman–Crippen LogP) is 7.99. The number of thioether (sulfide) groups is 2. The Bertz CT molecular complexity index is 401. The van der Waals surface area contributed by atoms with Crippen molar-refractivity contribution in [3.8, 4) is 0 Å². The van der Waals surface area contributed by atoms with E-state index in [9.17, 15) is 0 Å². The molecule has 25 heavy (non-hydrogen) atoms. The van der Waals surface area contributed by atoms with Gasteiger partial charge in [0.15, 0.2) is 0 Å². The van der Waals surface area contributed by atoms with E-state index in [1.165, 1.54) is 89.9 Å². The topological polar surface area (TPSA) is 0 Å². The summed E-state index contributed by atoms with van der Waals surface area (Å²) in [5.41, 5.74) is 0. The van der Waals surface area contributed by atoms with Gasteiger partial charge >= 0.3 is 173 Å². The van der Waals surface area contributed by atoms with Crippen LogP contribution in [0.4, 0.5) is 0 Å². The van der Waals surface area contributed by atoms with E-state index < -0.39 is 0 Å². The molecule has 0 aliphatic carbocycles. The molecule has 0 bridgehead atoms. The van der Waals surface area contributed by atoms with Crippen LogP contribution < -0.4 is 0 Å². The Kier molecular flexibility index (Phi) is 14.9.